The average Bonchev–Trinajstić information content (AvgIpc) is 2.50. The molecular formula is C17H21N3O. The molecule has 1 aromatic heterocycles. The van der Waals surface area contributed by atoms with Gasteiger partial charge in [-0.05, 0) is 30.2 Å². The third kappa shape index (κ3) is 4.60. The number of carbonyl (C=O) groups is 1. The van der Waals surface area contributed by atoms with Crippen molar-refractivity contribution in [2.75, 3.05) is 13.6 Å². The molecule has 0 fully saturated rings. The van der Waals surface area contributed by atoms with Crippen molar-refractivity contribution in [3.05, 3.63) is 65.5 Å². The smallest absolute Gasteiger partial charge is 0.317 e. The molecule has 0 aliphatic rings. The lowest BCUT2D eigenvalue weighted by Gasteiger charge is -2.19. The summed E-state index contributed by atoms with van der Waals surface area (Å²) in [5.74, 6) is 0. The van der Waals surface area contributed by atoms with Crippen LogP contribution in [-0.4, -0.2) is 29.5 Å². The van der Waals surface area contributed by atoms with Crippen molar-refractivity contribution < 1.29 is 4.79 Å². The van der Waals surface area contributed by atoms with E-state index in [9.17, 15) is 4.79 Å². The van der Waals surface area contributed by atoms with E-state index in [2.05, 4.69) is 23.3 Å². The topological polar surface area (TPSA) is 45.2 Å². The summed E-state index contributed by atoms with van der Waals surface area (Å²) < 4.78 is 0. The van der Waals surface area contributed by atoms with E-state index < -0.39 is 0 Å². The van der Waals surface area contributed by atoms with E-state index in [1.54, 1.807) is 11.1 Å². The molecule has 2 rings (SSSR count). The molecule has 21 heavy (non-hydrogen) atoms. The second kappa shape index (κ2) is 7.43. The molecule has 4 nitrogen and oxygen atoms in total. The van der Waals surface area contributed by atoms with Crippen molar-refractivity contribution in [1.82, 2.24) is 15.2 Å². The summed E-state index contributed by atoms with van der Waals surface area (Å²) in [4.78, 5) is 18.0. The number of hydrogen-bond donors (Lipinski definition) is 1. The molecule has 4 heteroatoms. The van der Waals surface area contributed by atoms with Crippen molar-refractivity contribution in [3.8, 4) is 0 Å². The maximum atomic E-state index is 12.0. The van der Waals surface area contributed by atoms with Gasteiger partial charge in [-0.15, -0.1) is 0 Å². The zero-order valence-electron chi connectivity index (χ0n) is 12.5. The van der Waals surface area contributed by atoms with Crippen LogP contribution in [0.2, 0.25) is 0 Å². The highest BCUT2D eigenvalue weighted by atomic mass is 16.2. The molecule has 0 bridgehead atoms. The van der Waals surface area contributed by atoms with Crippen molar-refractivity contribution in [2.24, 2.45) is 0 Å². The van der Waals surface area contributed by atoms with Gasteiger partial charge in [0.15, 0.2) is 0 Å². The number of carbonyl (C=O) groups excluding carboxylic acids is 1. The van der Waals surface area contributed by atoms with Crippen LogP contribution in [0.15, 0.2) is 48.7 Å². The van der Waals surface area contributed by atoms with E-state index in [1.165, 1.54) is 11.1 Å². The van der Waals surface area contributed by atoms with Crippen LogP contribution in [0.3, 0.4) is 0 Å². The van der Waals surface area contributed by atoms with Crippen molar-refractivity contribution in [2.45, 2.75) is 19.9 Å². The molecule has 0 saturated heterocycles. The Labute approximate surface area is 125 Å². The molecule has 0 radical (unpaired) electrons. The molecule has 2 aromatic rings. The van der Waals surface area contributed by atoms with Crippen molar-refractivity contribution in [3.63, 3.8) is 0 Å². The molecule has 0 atom stereocenters. The lowest BCUT2D eigenvalue weighted by molar-refractivity contribution is 0.207. The molecule has 1 N–H and O–H groups in total. The first-order valence-corrected chi connectivity index (χ1v) is 7.10. The number of amides is 2. The molecular weight excluding hydrogens is 262 g/mol. The number of rotatable bonds is 5. The van der Waals surface area contributed by atoms with Crippen LogP contribution in [0.5, 0.6) is 0 Å². The Morgan fingerprint density at radius 1 is 1.19 bits per heavy atom. The highest BCUT2D eigenvalue weighted by Crippen LogP contribution is 2.09. The minimum absolute atomic E-state index is 0.0609. The van der Waals surface area contributed by atoms with Crippen LogP contribution < -0.4 is 5.32 Å². The van der Waals surface area contributed by atoms with E-state index >= 15 is 0 Å². The SMILES string of the molecule is Cc1ccccc1CN(C)C(=O)NCCc1ccccn1. The number of benzene rings is 1. The summed E-state index contributed by atoms with van der Waals surface area (Å²) in [6, 6.07) is 13.8. The zero-order valence-corrected chi connectivity index (χ0v) is 12.5. The summed E-state index contributed by atoms with van der Waals surface area (Å²) >= 11 is 0. The normalized spacial score (nSPS) is 10.2. The lowest BCUT2D eigenvalue weighted by Crippen LogP contribution is -2.37. The van der Waals surface area contributed by atoms with Gasteiger partial charge < -0.3 is 10.2 Å². The third-order valence-electron chi connectivity index (χ3n) is 3.40. The number of nitrogens with zero attached hydrogens (tertiary/aromatic N) is 2. The van der Waals surface area contributed by atoms with Crippen LogP contribution in [0.1, 0.15) is 16.8 Å². The van der Waals surface area contributed by atoms with E-state index in [1.807, 2.05) is 43.4 Å². The summed E-state index contributed by atoms with van der Waals surface area (Å²) in [6.45, 7) is 3.26. The molecule has 0 unspecified atom stereocenters. The Morgan fingerprint density at radius 2 is 1.95 bits per heavy atom. The third-order valence-corrected chi connectivity index (χ3v) is 3.40. The second-order valence-corrected chi connectivity index (χ2v) is 5.09. The first-order valence-electron chi connectivity index (χ1n) is 7.10. The highest BCUT2D eigenvalue weighted by Gasteiger charge is 2.09. The molecule has 0 aliphatic carbocycles. The minimum Gasteiger partial charge on any atom is -0.338 e. The van der Waals surface area contributed by atoms with Gasteiger partial charge in [0.1, 0.15) is 0 Å². The summed E-state index contributed by atoms with van der Waals surface area (Å²) in [7, 11) is 1.81. The number of urea groups is 1. The molecule has 110 valence electrons. The van der Waals surface area contributed by atoms with Crippen LogP contribution in [0.25, 0.3) is 0 Å². The Kier molecular flexibility index (Phi) is 5.32. The maximum absolute atomic E-state index is 12.0. The molecule has 2 amide bonds. The predicted molar refractivity (Wildman–Crippen MR) is 84.0 cm³/mol. The van der Waals surface area contributed by atoms with Crippen LogP contribution in [0, 0.1) is 6.92 Å². The summed E-state index contributed by atoms with van der Waals surface area (Å²) in [5.41, 5.74) is 3.35. The Bertz CT molecular complexity index is 584. The van der Waals surface area contributed by atoms with Crippen LogP contribution >= 0.6 is 0 Å². The van der Waals surface area contributed by atoms with E-state index in [4.69, 9.17) is 0 Å². The molecule has 1 aromatic carbocycles. The standard InChI is InChI=1S/C17H21N3O/c1-14-7-3-4-8-15(14)13-20(2)17(21)19-12-10-16-9-5-6-11-18-16/h3-9,11H,10,12-13H2,1-2H3,(H,19,21). The first-order chi connectivity index (χ1) is 10.2. The monoisotopic (exact) mass is 283 g/mol. The zero-order chi connectivity index (χ0) is 15.1. The quantitative estimate of drug-likeness (QED) is 0.917. The van der Waals surface area contributed by atoms with Gasteiger partial charge in [-0.3, -0.25) is 4.98 Å². The van der Waals surface area contributed by atoms with Gasteiger partial charge in [-0.2, -0.15) is 0 Å². The fraction of sp³-hybridized carbons (Fsp3) is 0.294. The highest BCUT2D eigenvalue weighted by molar-refractivity contribution is 5.73. The van der Waals surface area contributed by atoms with E-state index in [-0.39, 0.29) is 6.03 Å². The van der Waals surface area contributed by atoms with Gasteiger partial charge in [0.2, 0.25) is 0 Å². The van der Waals surface area contributed by atoms with Crippen LogP contribution in [0.4, 0.5) is 4.79 Å². The number of hydrogen-bond acceptors (Lipinski definition) is 2. The predicted octanol–water partition coefficient (Wildman–Crippen LogP) is 2.77. The van der Waals surface area contributed by atoms with Gasteiger partial charge in [0.25, 0.3) is 0 Å². The Hall–Kier alpha value is -2.36. The largest absolute Gasteiger partial charge is 0.338 e. The van der Waals surface area contributed by atoms with Crippen molar-refractivity contribution >= 4 is 6.03 Å². The fourth-order valence-electron chi connectivity index (χ4n) is 2.09. The lowest BCUT2D eigenvalue weighted by atomic mass is 10.1. The second-order valence-electron chi connectivity index (χ2n) is 5.09. The Balaban J connectivity index is 1.79. The molecule has 0 saturated carbocycles. The van der Waals surface area contributed by atoms with E-state index in [0.717, 1.165) is 12.1 Å². The van der Waals surface area contributed by atoms with Gasteiger partial charge in [-0.1, -0.05) is 30.3 Å². The number of nitrogens with one attached hydrogen (secondary N) is 1. The average molecular weight is 283 g/mol. The molecule has 0 spiro atoms. The number of aryl methyl sites for hydroxylation is 1. The maximum Gasteiger partial charge on any atom is 0.317 e. The minimum atomic E-state index is -0.0609. The Morgan fingerprint density at radius 3 is 2.67 bits per heavy atom. The van der Waals surface area contributed by atoms with Gasteiger partial charge in [-0.25, -0.2) is 4.79 Å². The first kappa shape index (κ1) is 15.0. The van der Waals surface area contributed by atoms with Gasteiger partial charge >= 0.3 is 6.03 Å². The fourth-order valence-corrected chi connectivity index (χ4v) is 2.09. The summed E-state index contributed by atoms with van der Waals surface area (Å²) in [5, 5.41) is 2.92. The van der Waals surface area contributed by atoms with Gasteiger partial charge in [0, 0.05) is 38.4 Å². The molecule has 1 heterocycles. The number of pyridine rings is 1. The molecule has 0 aliphatic heterocycles. The summed E-state index contributed by atoms with van der Waals surface area (Å²) in [6.07, 6.45) is 2.51. The van der Waals surface area contributed by atoms with Crippen LogP contribution in [-0.2, 0) is 13.0 Å². The van der Waals surface area contributed by atoms with Gasteiger partial charge in [0.05, 0.1) is 0 Å². The number of aromatic nitrogens is 1. The van der Waals surface area contributed by atoms with Crippen molar-refractivity contribution in [1.29, 1.82) is 0 Å². The van der Waals surface area contributed by atoms with E-state index in [0.29, 0.717) is 13.1 Å².